The van der Waals surface area contributed by atoms with E-state index in [0.717, 1.165) is 12.1 Å². The Morgan fingerprint density at radius 2 is 2.18 bits per heavy atom. The molecule has 0 aliphatic rings. The Morgan fingerprint density at radius 3 is 2.76 bits per heavy atom. The van der Waals surface area contributed by atoms with E-state index >= 15 is 0 Å². The van der Waals surface area contributed by atoms with Gasteiger partial charge in [0.2, 0.25) is 0 Å². The number of para-hydroxylation sites is 1. The van der Waals surface area contributed by atoms with Crippen LogP contribution in [0.3, 0.4) is 0 Å². The number of nitrogens with two attached hydrogens (primary N) is 1. The molecule has 0 radical (unpaired) electrons. The number of halogens is 1. The summed E-state index contributed by atoms with van der Waals surface area (Å²) in [6.07, 6.45) is 2.01. The summed E-state index contributed by atoms with van der Waals surface area (Å²) >= 11 is 0. The molecule has 3 N–H and O–H groups in total. The Balaban J connectivity index is 2.99. The first kappa shape index (κ1) is 12.7. The number of ether oxygens (including phenoxy) is 1. The summed E-state index contributed by atoms with van der Waals surface area (Å²) in [5.41, 5.74) is 5.08. The van der Waals surface area contributed by atoms with Crippen molar-refractivity contribution >= 4 is 18.0 Å². The van der Waals surface area contributed by atoms with Crippen molar-refractivity contribution in [3.8, 4) is 5.75 Å². The van der Waals surface area contributed by atoms with E-state index in [1.807, 2.05) is 0 Å². The van der Waals surface area contributed by atoms with Crippen molar-refractivity contribution < 1.29 is 23.8 Å². The molecule has 17 heavy (non-hydrogen) atoms. The molecule has 0 saturated carbocycles. The van der Waals surface area contributed by atoms with Crippen LogP contribution in [0.1, 0.15) is 5.56 Å². The van der Waals surface area contributed by atoms with Crippen molar-refractivity contribution in [2.24, 2.45) is 5.73 Å². The Labute approximate surface area is 96.3 Å². The molecule has 0 bridgehead atoms. The molecule has 90 valence electrons. The van der Waals surface area contributed by atoms with Gasteiger partial charge in [0.15, 0.2) is 18.2 Å². The summed E-state index contributed by atoms with van der Waals surface area (Å²) in [6, 6.07) is 3.99. The highest BCUT2D eigenvalue weighted by Gasteiger charge is 2.09. The number of primary amides is 1. The van der Waals surface area contributed by atoms with Gasteiger partial charge in [-0.05, 0) is 12.1 Å². The number of carboxylic acids is 1. The van der Waals surface area contributed by atoms with E-state index in [4.69, 9.17) is 15.6 Å². The van der Waals surface area contributed by atoms with Gasteiger partial charge in [-0.3, -0.25) is 4.79 Å². The highest BCUT2D eigenvalue weighted by molar-refractivity contribution is 5.86. The third kappa shape index (κ3) is 3.94. The lowest BCUT2D eigenvalue weighted by Gasteiger charge is -2.08. The van der Waals surface area contributed by atoms with Gasteiger partial charge < -0.3 is 15.6 Å². The van der Waals surface area contributed by atoms with Gasteiger partial charge in [-0.15, -0.1) is 0 Å². The summed E-state index contributed by atoms with van der Waals surface area (Å²) in [6.45, 7) is -0.477. The number of benzene rings is 1. The number of hydrogen-bond acceptors (Lipinski definition) is 3. The van der Waals surface area contributed by atoms with Crippen LogP contribution in [0.2, 0.25) is 0 Å². The van der Waals surface area contributed by atoms with Crippen molar-refractivity contribution in [1.29, 1.82) is 0 Å². The number of rotatable bonds is 5. The topological polar surface area (TPSA) is 89.6 Å². The number of carbonyl (C=O) groups is 2. The van der Waals surface area contributed by atoms with Gasteiger partial charge in [-0.1, -0.05) is 12.1 Å². The first-order valence-corrected chi connectivity index (χ1v) is 4.61. The second-order valence-electron chi connectivity index (χ2n) is 3.08. The van der Waals surface area contributed by atoms with Gasteiger partial charge in [-0.2, -0.15) is 0 Å². The fraction of sp³-hybridized carbons (Fsp3) is 0.0909. The van der Waals surface area contributed by atoms with Crippen LogP contribution < -0.4 is 10.5 Å². The molecular formula is C11H10FNO4. The van der Waals surface area contributed by atoms with Crippen molar-refractivity contribution in [1.82, 2.24) is 0 Å². The maximum atomic E-state index is 13.4. The van der Waals surface area contributed by atoms with E-state index in [0.29, 0.717) is 0 Å². The standard InChI is InChI=1S/C11H10FNO4/c12-8-3-1-2-7(4-5-10(15)16)11(8)17-6-9(13)14/h1-5H,6H2,(H2,13,14)(H,15,16)/b5-4+. The van der Waals surface area contributed by atoms with Gasteiger partial charge >= 0.3 is 5.97 Å². The van der Waals surface area contributed by atoms with E-state index < -0.39 is 24.3 Å². The predicted molar refractivity (Wildman–Crippen MR) is 57.8 cm³/mol. The van der Waals surface area contributed by atoms with Crippen molar-refractivity contribution in [2.45, 2.75) is 0 Å². The van der Waals surface area contributed by atoms with Gasteiger partial charge in [-0.25, -0.2) is 9.18 Å². The first-order chi connectivity index (χ1) is 8.00. The Morgan fingerprint density at radius 1 is 1.47 bits per heavy atom. The van der Waals surface area contributed by atoms with E-state index in [2.05, 4.69) is 0 Å². The smallest absolute Gasteiger partial charge is 0.328 e. The minimum atomic E-state index is -1.17. The fourth-order valence-electron chi connectivity index (χ4n) is 1.11. The molecule has 0 aromatic heterocycles. The Bertz CT molecular complexity index is 471. The van der Waals surface area contributed by atoms with Crippen molar-refractivity contribution in [3.63, 3.8) is 0 Å². The lowest BCUT2D eigenvalue weighted by Crippen LogP contribution is -2.20. The van der Waals surface area contributed by atoms with Crippen molar-refractivity contribution in [2.75, 3.05) is 6.61 Å². The normalized spacial score (nSPS) is 10.4. The minimum Gasteiger partial charge on any atom is -0.480 e. The van der Waals surface area contributed by atoms with Crippen LogP contribution in [0, 0.1) is 5.82 Å². The van der Waals surface area contributed by atoms with Crippen LogP contribution >= 0.6 is 0 Å². The van der Waals surface area contributed by atoms with E-state index in [1.165, 1.54) is 18.2 Å². The Kier molecular flexibility index (Phi) is 4.21. The lowest BCUT2D eigenvalue weighted by atomic mass is 10.2. The third-order valence-corrected chi connectivity index (χ3v) is 1.76. The van der Waals surface area contributed by atoms with E-state index in [9.17, 15) is 14.0 Å². The Hall–Kier alpha value is -2.37. The van der Waals surface area contributed by atoms with Gasteiger partial charge in [0.1, 0.15) is 0 Å². The maximum absolute atomic E-state index is 13.4. The van der Waals surface area contributed by atoms with Crippen LogP contribution in [0.5, 0.6) is 5.75 Å². The SMILES string of the molecule is NC(=O)COc1c(F)cccc1/C=C/C(=O)O. The largest absolute Gasteiger partial charge is 0.480 e. The summed E-state index contributed by atoms with van der Waals surface area (Å²) < 4.78 is 18.2. The second kappa shape index (κ2) is 5.64. The predicted octanol–water partition coefficient (Wildman–Crippen LogP) is 0.788. The molecule has 6 heteroatoms. The average molecular weight is 239 g/mol. The zero-order valence-corrected chi connectivity index (χ0v) is 8.72. The summed E-state index contributed by atoms with van der Waals surface area (Å²) in [5.74, 6) is -2.82. The zero-order chi connectivity index (χ0) is 12.8. The summed E-state index contributed by atoms with van der Waals surface area (Å²) in [5, 5.41) is 8.46. The quantitative estimate of drug-likeness (QED) is 0.743. The number of aliphatic carboxylic acids is 1. The number of hydrogen-bond donors (Lipinski definition) is 2. The fourth-order valence-corrected chi connectivity index (χ4v) is 1.11. The summed E-state index contributed by atoms with van der Waals surface area (Å²) in [4.78, 5) is 20.9. The number of carbonyl (C=O) groups excluding carboxylic acids is 1. The van der Waals surface area contributed by atoms with Crippen LogP contribution in [0.15, 0.2) is 24.3 Å². The molecule has 0 unspecified atom stereocenters. The van der Waals surface area contributed by atoms with Crippen LogP contribution in [-0.2, 0) is 9.59 Å². The zero-order valence-electron chi connectivity index (χ0n) is 8.72. The molecular weight excluding hydrogens is 229 g/mol. The lowest BCUT2D eigenvalue weighted by molar-refractivity contribution is -0.131. The van der Waals surface area contributed by atoms with Crippen LogP contribution in [0.25, 0.3) is 6.08 Å². The van der Waals surface area contributed by atoms with Crippen molar-refractivity contribution in [3.05, 3.63) is 35.7 Å². The second-order valence-corrected chi connectivity index (χ2v) is 3.08. The van der Waals surface area contributed by atoms with Crippen LogP contribution in [-0.4, -0.2) is 23.6 Å². The van der Waals surface area contributed by atoms with Crippen LogP contribution in [0.4, 0.5) is 4.39 Å². The highest BCUT2D eigenvalue weighted by Crippen LogP contribution is 2.23. The molecule has 1 aromatic carbocycles. The van der Waals surface area contributed by atoms with E-state index in [-0.39, 0.29) is 11.3 Å². The molecule has 0 atom stereocenters. The first-order valence-electron chi connectivity index (χ1n) is 4.61. The maximum Gasteiger partial charge on any atom is 0.328 e. The third-order valence-electron chi connectivity index (χ3n) is 1.76. The van der Waals surface area contributed by atoms with Gasteiger partial charge in [0.25, 0.3) is 5.91 Å². The van der Waals surface area contributed by atoms with Gasteiger partial charge in [0.05, 0.1) is 0 Å². The molecule has 0 aliphatic heterocycles. The molecule has 0 aliphatic carbocycles. The van der Waals surface area contributed by atoms with Gasteiger partial charge in [0, 0.05) is 11.6 Å². The monoisotopic (exact) mass is 239 g/mol. The molecule has 1 amide bonds. The minimum absolute atomic E-state index is 0.205. The molecule has 0 fully saturated rings. The van der Waals surface area contributed by atoms with E-state index in [1.54, 1.807) is 0 Å². The number of carboxylic acid groups (broad SMARTS) is 1. The number of amides is 1. The summed E-state index contributed by atoms with van der Waals surface area (Å²) in [7, 11) is 0. The molecule has 0 heterocycles. The molecule has 0 spiro atoms. The molecule has 1 aromatic rings. The average Bonchev–Trinajstić information content (AvgIpc) is 2.24. The molecule has 1 rings (SSSR count). The highest BCUT2D eigenvalue weighted by atomic mass is 19.1. The molecule has 5 nitrogen and oxygen atoms in total. The molecule has 0 saturated heterocycles.